The predicted molar refractivity (Wildman–Crippen MR) is 86.7 cm³/mol. The fourth-order valence-electron chi connectivity index (χ4n) is 2.03. The van der Waals surface area contributed by atoms with Gasteiger partial charge in [0.05, 0.1) is 11.3 Å². The third-order valence-electron chi connectivity index (χ3n) is 3.19. The zero-order chi connectivity index (χ0) is 16.7. The monoisotopic (exact) mass is 311 g/mol. The summed E-state index contributed by atoms with van der Waals surface area (Å²) in [6.45, 7) is 0.341. The quantitative estimate of drug-likeness (QED) is 0.720. The number of anilines is 1. The van der Waals surface area contributed by atoms with Crippen molar-refractivity contribution >= 4 is 23.4 Å². The molecular formula is C17H17N3O3. The first-order valence-electron chi connectivity index (χ1n) is 7.10. The van der Waals surface area contributed by atoms with Gasteiger partial charge in [0, 0.05) is 6.54 Å². The molecule has 6 heteroatoms. The van der Waals surface area contributed by atoms with E-state index in [0.29, 0.717) is 13.0 Å². The summed E-state index contributed by atoms with van der Waals surface area (Å²) < 4.78 is 0. The molecule has 2 rings (SSSR count). The van der Waals surface area contributed by atoms with Gasteiger partial charge in [-0.15, -0.1) is 0 Å². The van der Waals surface area contributed by atoms with Crippen molar-refractivity contribution in [3.8, 4) is 0 Å². The van der Waals surface area contributed by atoms with Gasteiger partial charge in [0.1, 0.15) is 0 Å². The fraction of sp³-hybridized carbons (Fsp3) is 0.118. The molecule has 0 heterocycles. The summed E-state index contributed by atoms with van der Waals surface area (Å²) in [6, 6.07) is 15.8. The van der Waals surface area contributed by atoms with Crippen LogP contribution in [0.3, 0.4) is 0 Å². The maximum absolute atomic E-state index is 11.9. The van der Waals surface area contributed by atoms with Crippen molar-refractivity contribution in [2.75, 3.05) is 11.9 Å². The fourth-order valence-corrected chi connectivity index (χ4v) is 2.03. The highest BCUT2D eigenvalue weighted by atomic mass is 16.2. The normalized spacial score (nSPS) is 9.91. The Hall–Kier alpha value is -3.15. The number of carbonyl (C=O) groups is 3. The number of benzene rings is 2. The minimum Gasteiger partial charge on any atom is -0.366 e. The van der Waals surface area contributed by atoms with Crippen LogP contribution in [0.25, 0.3) is 0 Å². The molecule has 0 fully saturated rings. The van der Waals surface area contributed by atoms with Gasteiger partial charge in [0.2, 0.25) is 0 Å². The van der Waals surface area contributed by atoms with E-state index in [4.69, 9.17) is 5.73 Å². The summed E-state index contributed by atoms with van der Waals surface area (Å²) in [5, 5.41) is 4.92. The standard InChI is InChI=1S/C17H17N3O3/c18-15(21)13-8-4-5-9-14(13)20-17(23)16(22)19-11-10-12-6-2-1-3-7-12/h1-9H,10-11H2,(H2,18,21)(H,19,22)(H,20,23). The van der Waals surface area contributed by atoms with Crippen LogP contribution in [0.15, 0.2) is 54.6 Å². The Morgan fingerprint density at radius 1 is 0.870 bits per heavy atom. The second-order valence-electron chi connectivity index (χ2n) is 4.86. The molecule has 0 saturated carbocycles. The number of nitrogens with one attached hydrogen (secondary N) is 2. The molecule has 0 aromatic heterocycles. The molecule has 0 atom stereocenters. The lowest BCUT2D eigenvalue weighted by Crippen LogP contribution is -2.36. The van der Waals surface area contributed by atoms with Crippen LogP contribution in [0.1, 0.15) is 15.9 Å². The highest BCUT2D eigenvalue weighted by molar-refractivity contribution is 6.40. The largest absolute Gasteiger partial charge is 0.366 e. The molecular weight excluding hydrogens is 294 g/mol. The van der Waals surface area contributed by atoms with E-state index in [1.54, 1.807) is 12.1 Å². The van der Waals surface area contributed by atoms with Gasteiger partial charge in [-0.3, -0.25) is 14.4 Å². The van der Waals surface area contributed by atoms with E-state index in [0.717, 1.165) is 5.56 Å². The van der Waals surface area contributed by atoms with Crippen LogP contribution in [0.2, 0.25) is 0 Å². The second kappa shape index (κ2) is 7.74. The van der Waals surface area contributed by atoms with Gasteiger partial charge in [0.25, 0.3) is 5.91 Å². The van der Waals surface area contributed by atoms with Crippen LogP contribution in [0.4, 0.5) is 5.69 Å². The number of hydrogen-bond acceptors (Lipinski definition) is 3. The molecule has 2 aromatic carbocycles. The van der Waals surface area contributed by atoms with Crippen molar-refractivity contribution in [1.29, 1.82) is 0 Å². The van der Waals surface area contributed by atoms with E-state index >= 15 is 0 Å². The van der Waals surface area contributed by atoms with Crippen molar-refractivity contribution in [3.63, 3.8) is 0 Å². The number of rotatable bonds is 5. The Balaban J connectivity index is 1.88. The summed E-state index contributed by atoms with van der Waals surface area (Å²) in [7, 11) is 0. The zero-order valence-corrected chi connectivity index (χ0v) is 12.4. The van der Waals surface area contributed by atoms with E-state index in [9.17, 15) is 14.4 Å². The van der Waals surface area contributed by atoms with Crippen LogP contribution in [0.5, 0.6) is 0 Å². The number of nitrogens with two attached hydrogens (primary N) is 1. The van der Waals surface area contributed by atoms with Crippen molar-refractivity contribution < 1.29 is 14.4 Å². The maximum atomic E-state index is 11.9. The van der Waals surface area contributed by atoms with Crippen LogP contribution in [0, 0.1) is 0 Å². The molecule has 0 saturated heterocycles. The lowest BCUT2D eigenvalue weighted by molar-refractivity contribution is -0.136. The Labute approximate surface area is 133 Å². The summed E-state index contributed by atoms with van der Waals surface area (Å²) in [5.74, 6) is -2.28. The lowest BCUT2D eigenvalue weighted by Gasteiger charge is -2.09. The predicted octanol–water partition coefficient (Wildman–Crippen LogP) is 1.08. The molecule has 3 amide bonds. The SMILES string of the molecule is NC(=O)c1ccccc1NC(=O)C(=O)NCCc1ccccc1. The van der Waals surface area contributed by atoms with Gasteiger partial charge in [0.15, 0.2) is 0 Å². The van der Waals surface area contributed by atoms with Crippen molar-refractivity contribution in [1.82, 2.24) is 5.32 Å². The van der Waals surface area contributed by atoms with E-state index in [2.05, 4.69) is 10.6 Å². The van der Waals surface area contributed by atoms with Crippen LogP contribution in [-0.2, 0) is 16.0 Å². The smallest absolute Gasteiger partial charge is 0.313 e. The molecule has 6 nitrogen and oxygen atoms in total. The van der Waals surface area contributed by atoms with E-state index < -0.39 is 17.7 Å². The zero-order valence-electron chi connectivity index (χ0n) is 12.4. The first-order valence-corrected chi connectivity index (χ1v) is 7.10. The summed E-state index contributed by atoms with van der Waals surface area (Å²) >= 11 is 0. The Morgan fingerprint density at radius 3 is 2.22 bits per heavy atom. The van der Waals surface area contributed by atoms with Crippen LogP contribution < -0.4 is 16.4 Å². The topological polar surface area (TPSA) is 101 Å². The van der Waals surface area contributed by atoms with E-state index in [1.807, 2.05) is 30.3 Å². The molecule has 2 aromatic rings. The summed E-state index contributed by atoms with van der Waals surface area (Å²) in [4.78, 5) is 34.9. The Bertz CT molecular complexity index is 714. The number of carbonyl (C=O) groups excluding carboxylic acids is 3. The molecule has 4 N–H and O–H groups in total. The van der Waals surface area contributed by atoms with E-state index in [-0.39, 0.29) is 11.3 Å². The molecule has 0 unspecified atom stereocenters. The highest BCUT2D eigenvalue weighted by Crippen LogP contribution is 2.13. The van der Waals surface area contributed by atoms with Crippen molar-refractivity contribution in [2.24, 2.45) is 5.73 Å². The molecule has 0 bridgehead atoms. The maximum Gasteiger partial charge on any atom is 0.313 e. The molecule has 0 radical (unpaired) electrons. The number of primary amides is 1. The number of hydrogen-bond donors (Lipinski definition) is 3. The molecule has 23 heavy (non-hydrogen) atoms. The molecule has 0 aliphatic heterocycles. The van der Waals surface area contributed by atoms with Gasteiger partial charge in [-0.2, -0.15) is 0 Å². The highest BCUT2D eigenvalue weighted by Gasteiger charge is 2.16. The number of amides is 3. The molecule has 0 aliphatic rings. The van der Waals surface area contributed by atoms with Gasteiger partial charge in [-0.25, -0.2) is 0 Å². The number of para-hydroxylation sites is 1. The Kier molecular flexibility index (Phi) is 5.46. The molecule has 0 spiro atoms. The first kappa shape index (κ1) is 16.2. The third-order valence-corrected chi connectivity index (χ3v) is 3.19. The van der Waals surface area contributed by atoms with Crippen LogP contribution in [-0.4, -0.2) is 24.3 Å². The molecule has 0 aliphatic carbocycles. The van der Waals surface area contributed by atoms with Gasteiger partial charge in [-0.1, -0.05) is 42.5 Å². The lowest BCUT2D eigenvalue weighted by atomic mass is 10.1. The van der Waals surface area contributed by atoms with Gasteiger partial charge in [-0.05, 0) is 24.1 Å². The van der Waals surface area contributed by atoms with E-state index in [1.165, 1.54) is 12.1 Å². The average molecular weight is 311 g/mol. The van der Waals surface area contributed by atoms with Crippen LogP contribution >= 0.6 is 0 Å². The Morgan fingerprint density at radius 2 is 1.52 bits per heavy atom. The van der Waals surface area contributed by atoms with Gasteiger partial charge < -0.3 is 16.4 Å². The minimum atomic E-state index is -0.841. The summed E-state index contributed by atoms with van der Waals surface area (Å²) in [6.07, 6.45) is 0.623. The average Bonchev–Trinajstić information content (AvgIpc) is 2.56. The third kappa shape index (κ3) is 4.67. The van der Waals surface area contributed by atoms with Crippen molar-refractivity contribution in [3.05, 3.63) is 65.7 Å². The molecule has 118 valence electrons. The minimum absolute atomic E-state index is 0.151. The second-order valence-corrected chi connectivity index (χ2v) is 4.86. The summed E-state index contributed by atoms with van der Waals surface area (Å²) in [5.41, 5.74) is 6.64. The first-order chi connectivity index (χ1) is 11.1. The van der Waals surface area contributed by atoms with Crippen molar-refractivity contribution in [2.45, 2.75) is 6.42 Å². The van der Waals surface area contributed by atoms with Gasteiger partial charge >= 0.3 is 11.8 Å².